The van der Waals surface area contributed by atoms with Crippen LogP contribution in [0, 0.1) is 0 Å². The van der Waals surface area contributed by atoms with E-state index >= 15 is 0 Å². The lowest BCUT2D eigenvalue weighted by Crippen LogP contribution is -2.48. The molecule has 1 fully saturated rings. The zero-order valence-corrected chi connectivity index (χ0v) is 6.73. The third-order valence-electron chi connectivity index (χ3n) is 1.91. The maximum absolute atomic E-state index is 9.26. The van der Waals surface area contributed by atoms with E-state index < -0.39 is 12.4 Å². The van der Waals surface area contributed by atoms with Crippen molar-refractivity contribution >= 4 is 0 Å². The van der Waals surface area contributed by atoms with Crippen LogP contribution in [0.25, 0.3) is 0 Å². The molecule has 0 aromatic carbocycles. The fraction of sp³-hybridized carbons (Fsp3) is 1.00. The smallest absolute Gasteiger partial charge is 0.183 e. The number of hydrogen-bond acceptors (Lipinski definition) is 4. The van der Waals surface area contributed by atoms with Crippen LogP contribution in [0.5, 0.6) is 0 Å². The molecule has 0 aromatic heterocycles. The molecule has 11 heavy (non-hydrogen) atoms. The van der Waals surface area contributed by atoms with E-state index in [-0.39, 0.29) is 12.2 Å². The third kappa shape index (κ3) is 1.90. The van der Waals surface area contributed by atoms with Crippen LogP contribution in [-0.2, 0) is 9.47 Å². The van der Waals surface area contributed by atoms with Crippen molar-refractivity contribution in [2.45, 2.75) is 37.9 Å². The van der Waals surface area contributed by atoms with Crippen LogP contribution in [0.4, 0.5) is 0 Å². The van der Waals surface area contributed by atoms with Crippen molar-refractivity contribution in [3.63, 3.8) is 0 Å². The van der Waals surface area contributed by atoms with Gasteiger partial charge in [-0.15, -0.1) is 0 Å². The van der Waals surface area contributed by atoms with Crippen molar-refractivity contribution in [1.82, 2.24) is 0 Å². The summed E-state index contributed by atoms with van der Waals surface area (Å²) in [5.74, 6) is 0. The first-order valence-corrected chi connectivity index (χ1v) is 3.69. The lowest BCUT2D eigenvalue weighted by Gasteiger charge is -2.34. The topological polar surface area (TPSA) is 58.9 Å². The summed E-state index contributed by atoms with van der Waals surface area (Å²) in [5.41, 5.74) is 0. The van der Waals surface area contributed by atoms with Gasteiger partial charge in [0, 0.05) is 13.5 Å². The van der Waals surface area contributed by atoms with E-state index in [2.05, 4.69) is 0 Å². The highest BCUT2D eigenvalue weighted by Gasteiger charge is 2.34. The van der Waals surface area contributed by atoms with Gasteiger partial charge in [0.05, 0.1) is 12.2 Å². The molecule has 66 valence electrons. The molecule has 1 saturated heterocycles. The maximum Gasteiger partial charge on any atom is 0.183 e. The Bertz CT molecular complexity index is 128. The molecule has 1 aliphatic rings. The summed E-state index contributed by atoms with van der Waals surface area (Å²) in [6, 6.07) is 0. The largest absolute Gasteiger partial charge is 0.385 e. The highest BCUT2D eigenvalue weighted by molar-refractivity contribution is 4.79. The van der Waals surface area contributed by atoms with Crippen molar-refractivity contribution < 1.29 is 19.7 Å². The summed E-state index contributed by atoms with van der Waals surface area (Å²) in [6.07, 6.45) is -1.78. The summed E-state index contributed by atoms with van der Waals surface area (Å²) in [4.78, 5) is 0. The second-order valence-corrected chi connectivity index (χ2v) is 2.84. The van der Waals surface area contributed by atoms with Crippen molar-refractivity contribution in [3.05, 3.63) is 0 Å². The summed E-state index contributed by atoms with van der Waals surface area (Å²) in [5, 5.41) is 18.4. The van der Waals surface area contributed by atoms with Gasteiger partial charge in [0.2, 0.25) is 0 Å². The number of ether oxygens (including phenoxy) is 2. The minimum atomic E-state index is -1.11. The molecule has 0 amide bonds. The predicted octanol–water partition coefficient (Wildman–Crippen LogP) is -0.510. The molecule has 1 aliphatic heterocycles. The minimum absolute atomic E-state index is 0.0571. The van der Waals surface area contributed by atoms with Crippen LogP contribution in [0.15, 0.2) is 0 Å². The number of rotatable bonds is 1. The summed E-state index contributed by atoms with van der Waals surface area (Å²) < 4.78 is 9.91. The van der Waals surface area contributed by atoms with E-state index in [0.717, 1.165) is 0 Å². The fourth-order valence-electron chi connectivity index (χ4n) is 1.26. The Balaban J connectivity index is 2.51. The molecule has 0 radical (unpaired) electrons. The van der Waals surface area contributed by atoms with E-state index in [1.807, 2.05) is 6.92 Å². The molecule has 0 aromatic rings. The maximum atomic E-state index is 9.26. The summed E-state index contributed by atoms with van der Waals surface area (Å²) >= 11 is 0. The van der Waals surface area contributed by atoms with Crippen LogP contribution < -0.4 is 0 Å². The molecule has 1 heterocycles. The van der Waals surface area contributed by atoms with Gasteiger partial charge in [0.1, 0.15) is 6.10 Å². The molecule has 1 rings (SSSR count). The zero-order chi connectivity index (χ0) is 8.43. The lowest BCUT2D eigenvalue weighted by atomic mass is 10.0. The Hall–Kier alpha value is -0.160. The standard InChI is InChI=1S/C7H14O4/c1-4-3-5(10-2)6(8)7(9)11-4/h4-9H,3H2,1-2H3/t4?,5-,6-,7?/m1/s1. The number of aliphatic hydroxyl groups excluding tert-OH is 2. The third-order valence-corrected chi connectivity index (χ3v) is 1.91. The molecule has 2 N–H and O–H groups in total. The second-order valence-electron chi connectivity index (χ2n) is 2.84. The van der Waals surface area contributed by atoms with Gasteiger partial charge in [-0.1, -0.05) is 0 Å². The van der Waals surface area contributed by atoms with Gasteiger partial charge < -0.3 is 19.7 Å². The summed E-state index contributed by atoms with van der Waals surface area (Å²) in [7, 11) is 1.51. The van der Waals surface area contributed by atoms with Crippen LogP contribution >= 0.6 is 0 Å². The highest BCUT2D eigenvalue weighted by Crippen LogP contribution is 2.20. The van der Waals surface area contributed by atoms with Crippen LogP contribution in [0.2, 0.25) is 0 Å². The molecule has 4 nitrogen and oxygen atoms in total. The molecule has 0 aliphatic carbocycles. The Kier molecular flexibility index (Phi) is 2.84. The van der Waals surface area contributed by atoms with E-state index in [0.29, 0.717) is 6.42 Å². The fourth-order valence-corrected chi connectivity index (χ4v) is 1.26. The van der Waals surface area contributed by atoms with Gasteiger partial charge in [-0.2, -0.15) is 0 Å². The van der Waals surface area contributed by atoms with Gasteiger partial charge in [-0.25, -0.2) is 0 Å². The first kappa shape index (κ1) is 8.93. The molecule has 2 unspecified atom stereocenters. The van der Waals surface area contributed by atoms with E-state index in [1.165, 1.54) is 7.11 Å². The van der Waals surface area contributed by atoms with Crippen LogP contribution in [0.3, 0.4) is 0 Å². The Morgan fingerprint density at radius 1 is 1.45 bits per heavy atom. The predicted molar refractivity (Wildman–Crippen MR) is 38.0 cm³/mol. The van der Waals surface area contributed by atoms with E-state index in [1.54, 1.807) is 0 Å². The van der Waals surface area contributed by atoms with Gasteiger partial charge >= 0.3 is 0 Å². The number of methoxy groups -OCH3 is 1. The normalized spacial score (nSPS) is 45.8. The monoisotopic (exact) mass is 162 g/mol. The Labute approximate surface area is 65.7 Å². The molecule has 4 atom stereocenters. The van der Waals surface area contributed by atoms with Crippen molar-refractivity contribution in [3.8, 4) is 0 Å². The van der Waals surface area contributed by atoms with Crippen LogP contribution in [-0.4, -0.2) is 41.9 Å². The van der Waals surface area contributed by atoms with Gasteiger partial charge in [0.15, 0.2) is 6.29 Å². The summed E-state index contributed by atoms with van der Waals surface area (Å²) in [6.45, 7) is 1.83. The van der Waals surface area contributed by atoms with Gasteiger partial charge in [-0.05, 0) is 6.92 Å². The first-order valence-electron chi connectivity index (χ1n) is 3.69. The average Bonchev–Trinajstić information content (AvgIpc) is 1.96. The quantitative estimate of drug-likeness (QED) is 0.545. The Morgan fingerprint density at radius 2 is 2.09 bits per heavy atom. The average molecular weight is 162 g/mol. The Morgan fingerprint density at radius 3 is 2.64 bits per heavy atom. The van der Waals surface area contributed by atoms with Crippen LogP contribution in [0.1, 0.15) is 13.3 Å². The van der Waals surface area contributed by atoms with Crippen molar-refractivity contribution in [2.75, 3.05) is 7.11 Å². The minimum Gasteiger partial charge on any atom is -0.385 e. The van der Waals surface area contributed by atoms with E-state index in [4.69, 9.17) is 14.6 Å². The zero-order valence-electron chi connectivity index (χ0n) is 6.73. The van der Waals surface area contributed by atoms with E-state index in [9.17, 15) is 5.11 Å². The molecule has 0 spiro atoms. The molecule has 4 heteroatoms. The lowest BCUT2D eigenvalue weighted by molar-refractivity contribution is -0.247. The molecule has 0 bridgehead atoms. The number of aliphatic hydroxyl groups is 2. The van der Waals surface area contributed by atoms with Crippen molar-refractivity contribution in [1.29, 1.82) is 0 Å². The van der Waals surface area contributed by atoms with Gasteiger partial charge in [0.25, 0.3) is 0 Å². The van der Waals surface area contributed by atoms with Crippen molar-refractivity contribution in [2.24, 2.45) is 0 Å². The van der Waals surface area contributed by atoms with Gasteiger partial charge in [-0.3, -0.25) is 0 Å². The molecular formula is C7H14O4. The SMILES string of the molecule is CO[C@@H]1CC(C)OC(O)[C@@H]1O. The molecule has 0 saturated carbocycles. The second kappa shape index (κ2) is 3.49. The highest BCUT2D eigenvalue weighted by atomic mass is 16.6. The first-order chi connectivity index (χ1) is 5.15. The number of hydrogen-bond donors (Lipinski definition) is 2. The molecular weight excluding hydrogens is 148 g/mol.